The van der Waals surface area contributed by atoms with E-state index >= 15 is 0 Å². The minimum atomic E-state index is -0.465. The van der Waals surface area contributed by atoms with Crippen LogP contribution < -0.4 is 5.43 Å². The average Bonchev–Trinajstić information content (AvgIpc) is 2.57. The lowest BCUT2D eigenvalue weighted by atomic mass is 10.1. The fourth-order valence-corrected chi connectivity index (χ4v) is 2.76. The SMILES string of the molecule is O=C(NN=Cc1ccc2ccccc2c1O)c1ccc(Cl)cc1Cl. The molecule has 0 atom stereocenters. The minimum Gasteiger partial charge on any atom is -0.507 e. The first-order chi connectivity index (χ1) is 11.6. The highest BCUT2D eigenvalue weighted by molar-refractivity contribution is 6.36. The number of nitrogens with one attached hydrogen (secondary N) is 1. The van der Waals surface area contributed by atoms with Crippen LogP contribution in [0.25, 0.3) is 10.8 Å². The highest BCUT2D eigenvalue weighted by Crippen LogP contribution is 2.27. The molecule has 4 nitrogen and oxygen atoms in total. The molecule has 0 unspecified atom stereocenters. The standard InChI is InChI=1S/C18H12Cl2N2O2/c19-13-7-8-15(16(20)9-13)18(24)22-21-10-12-6-5-11-3-1-2-4-14(11)17(12)23/h1-10,23H,(H,22,24). The van der Waals surface area contributed by atoms with Gasteiger partial charge in [0.05, 0.1) is 16.8 Å². The van der Waals surface area contributed by atoms with Gasteiger partial charge in [0.25, 0.3) is 5.91 Å². The quantitative estimate of drug-likeness (QED) is 0.530. The molecule has 0 fully saturated rings. The molecular formula is C18H12Cl2N2O2. The number of halogens is 2. The van der Waals surface area contributed by atoms with Crippen molar-refractivity contribution in [3.8, 4) is 5.75 Å². The van der Waals surface area contributed by atoms with Crippen LogP contribution in [0.3, 0.4) is 0 Å². The number of hydrogen-bond donors (Lipinski definition) is 2. The number of phenols is 1. The van der Waals surface area contributed by atoms with Crippen molar-refractivity contribution in [2.45, 2.75) is 0 Å². The Balaban J connectivity index is 1.79. The second-order valence-electron chi connectivity index (χ2n) is 5.05. The summed E-state index contributed by atoms with van der Waals surface area (Å²) in [6.45, 7) is 0. The molecule has 0 bridgehead atoms. The maximum atomic E-state index is 12.0. The molecule has 0 aliphatic heterocycles. The van der Waals surface area contributed by atoms with Crippen molar-refractivity contribution in [3.05, 3.63) is 75.8 Å². The Hall–Kier alpha value is -2.56. The van der Waals surface area contributed by atoms with Crippen LogP contribution in [-0.4, -0.2) is 17.2 Å². The number of nitrogens with zero attached hydrogens (tertiary/aromatic N) is 1. The Labute approximate surface area is 148 Å². The number of benzene rings is 3. The van der Waals surface area contributed by atoms with Crippen molar-refractivity contribution in [1.29, 1.82) is 0 Å². The van der Waals surface area contributed by atoms with Gasteiger partial charge in [0, 0.05) is 16.0 Å². The summed E-state index contributed by atoms with van der Waals surface area (Å²) in [6.07, 6.45) is 1.38. The van der Waals surface area contributed by atoms with Crippen LogP contribution in [0.5, 0.6) is 5.75 Å². The van der Waals surface area contributed by atoms with Crippen molar-refractivity contribution >= 4 is 46.1 Å². The summed E-state index contributed by atoms with van der Waals surface area (Å²) in [5.41, 5.74) is 3.14. The Morgan fingerprint density at radius 1 is 1.08 bits per heavy atom. The monoisotopic (exact) mass is 358 g/mol. The number of hydrazone groups is 1. The maximum absolute atomic E-state index is 12.0. The van der Waals surface area contributed by atoms with Gasteiger partial charge in [-0.15, -0.1) is 0 Å². The lowest BCUT2D eigenvalue weighted by Gasteiger charge is -2.05. The van der Waals surface area contributed by atoms with E-state index in [1.165, 1.54) is 18.3 Å². The van der Waals surface area contributed by atoms with E-state index in [1.807, 2.05) is 30.3 Å². The molecule has 6 heteroatoms. The van der Waals surface area contributed by atoms with Crippen LogP contribution in [0, 0.1) is 0 Å². The lowest BCUT2D eigenvalue weighted by molar-refractivity contribution is 0.0955. The number of phenolic OH excluding ortho intramolecular Hbond substituents is 1. The van der Waals surface area contributed by atoms with Gasteiger partial charge in [-0.1, -0.05) is 53.5 Å². The zero-order valence-electron chi connectivity index (χ0n) is 12.3. The summed E-state index contributed by atoms with van der Waals surface area (Å²) in [7, 11) is 0. The third-order valence-corrected chi connectivity index (χ3v) is 4.03. The third-order valence-electron chi connectivity index (χ3n) is 3.48. The van der Waals surface area contributed by atoms with Crippen molar-refractivity contribution < 1.29 is 9.90 Å². The predicted octanol–water partition coefficient (Wildman–Crippen LogP) is 4.62. The zero-order valence-corrected chi connectivity index (χ0v) is 13.8. The van der Waals surface area contributed by atoms with Crippen LogP contribution in [0.4, 0.5) is 0 Å². The highest BCUT2D eigenvalue weighted by atomic mass is 35.5. The molecule has 2 N–H and O–H groups in total. The Bertz CT molecular complexity index is 955. The van der Waals surface area contributed by atoms with Crippen molar-refractivity contribution in [1.82, 2.24) is 5.43 Å². The van der Waals surface area contributed by atoms with Crippen LogP contribution in [-0.2, 0) is 0 Å². The smallest absolute Gasteiger partial charge is 0.272 e. The first-order valence-electron chi connectivity index (χ1n) is 7.05. The van der Waals surface area contributed by atoms with Gasteiger partial charge in [-0.3, -0.25) is 4.79 Å². The first-order valence-corrected chi connectivity index (χ1v) is 7.81. The topological polar surface area (TPSA) is 61.7 Å². The maximum Gasteiger partial charge on any atom is 0.272 e. The second kappa shape index (κ2) is 6.91. The molecule has 0 heterocycles. The summed E-state index contributed by atoms with van der Waals surface area (Å²) >= 11 is 11.8. The zero-order chi connectivity index (χ0) is 17.1. The molecule has 24 heavy (non-hydrogen) atoms. The van der Waals surface area contributed by atoms with E-state index in [0.29, 0.717) is 16.0 Å². The van der Waals surface area contributed by atoms with E-state index < -0.39 is 5.91 Å². The minimum absolute atomic E-state index is 0.107. The number of rotatable bonds is 3. The summed E-state index contributed by atoms with van der Waals surface area (Å²) in [6, 6.07) is 15.6. The fourth-order valence-electron chi connectivity index (χ4n) is 2.27. The van der Waals surface area contributed by atoms with Crippen LogP contribution >= 0.6 is 23.2 Å². The van der Waals surface area contributed by atoms with Gasteiger partial charge in [-0.2, -0.15) is 5.10 Å². The van der Waals surface area contributed by atoms with Gasteiger partial charge in [-0.25, -0.2) is 5.43 Å². The number of carbonyl (C=O) groups excluding carboxylic acids is 1. The molecule has 0 saturated heterocycles. The number of fused-ring (bicyclic) bond motifs is 1. The number of carbonyl (C=O) groups is 1. The van der Waals surface area contributed by atoms with Gasteiger partial charge in [-0.05, 0) is 29.7 Å². The molecule has 1 amide bonds. The fraction of sp³-hybridized carbons (Fsp3) is 0. The summed E-state index contributed by atoms with van der Waals surface area (Å²) in [4.78, 5) is 12.0. The van der Waals surface area contributed by atoms with Gasteiger partial charge in [0.2, 0.25) is 0 Å². The summed E-state index contributed by atoms with van der Waals surface area (Å²) in [5, 5.41) is 16.5. The summed E-state index contributed by atoms with van der Waals surface area (Å²) < 4.78 is 0. The van der Waals surface area contributed by atoms with Gasteiger partial charge in [0.1, 0.15) is 5.75 Å². The van der Waals surface area contributed by atoms with E-state index in [2.05, 4.69) is 10.5 Å². The van der Waals surface area contributed by atoms with E-state index in [1.54, 1.807) is 12.1 Å². The highest BCUT2D eigenvalue weighted by Gasteiger charge is 2.10. The molecule has 0 aliphatic carbocycles. The predicted molar refractivity (Wildman–Crippen MR) is 97.1 cm³/mol. The van der Waals surface area contributed by atoms with Crippen LogP contribution in [0.1, 0.15) is 15.9 Å². The van der Waals surface area contributed by atoms with E-state index in [0.717, 1.165) is 5.39 Å². The average molecular weight is 359 g/mol. The molecule has 3 aromatic rings. The van der Waals surface area contributed by atoms with Gasteiger partial charge < -0.3 is 5.11 Å². The molecule has 3 rings (SSSR count). The van der Waals surface area contributed by atoms with E-state index in [9.17, 15) is 9.90 Å². The molecule has 0 aromatic heterocycles. The van der Waals surface area contributed by atoms with Crippen molar-refractivity contribution in [2.24, 2.45) is 5.10 Å². The number of aromatic hydroxyl groups is 1. The van der Waals surface area contributed by atoms with Crippen molar-refractivity contribution in [2.75, 3.05) is 0 Å². The molecular weight excluding hydrogens is 347 g/mol. The van der Waals surface area contributed by atoms with E-state index in [4.69, 9.17) is 23.2 Å². The Morgan fingerprint density at radius 2 is 1.88 bits per heavy atom. The number of hydrogen-bond acceptors (Lipinski definition) is 3. The van der Waals surface area contributed by atoms with Gasteiger partial charge >= 0.3 is 0 Å². The second-order valence-corrected chi connectivity index (χ2v) is 5.89. The lowest BCUT2D eigenvalue weighted by Crippen LogP contribution is -2.18. The van der Waals surface area contributed by atoms with E-state index in [-0.39, 0.29) is 16.3 Å². The Kier molecular flexibility index (Phi) is 4.69. The van der Waals surface area contributed by atoms with Crippen LogP contribution in [0.15, 0.2) is 59.7 Å². The van der Waals surface area contributed by atoms with Gasteiger partial charge in [0.15, 0.2) is 0 Å². The Morgan fingerprint density at radius 3 is 2.67 bits per heavy atom. The molecule has 0 aliphatic rings. The normalized spacial score (nSPS) is 11.1. The largest absolute Gasteiger partial charge is 0.507 e. The molecule has 3 aromatic carbocycles. The van der Waals surface area contributed by atoms with Crippen LogP contribution in [0.2, 0.25) is 10.0 Å². The molecule has 0 saturated carbocycles. The van der Waals surface area contributed by atoms with Crippen molar-refractivity contribution in [3.63, 3.8) is 0 Å². The first kappa shape index (κ1) is 16.3. The summed E-state index contributed by atoms with van der Waals surface area (Å²) in [5.74, 6) is -0.358. The molecule has 120 valence electrons. The molecule has 0 radical (unpaired) electrons. The molecule has 0 spiro atoms. The number of amides is 1. The third kappa shape index (κ3) is 3.35.